The average Bonchev–Trinajstić information content (AvgIpc) is 2.82. The minimum absolute atomic E-state index is 0. The molecule has 0 atom stereocenters. The van der Waals surface area contributed by atoms with Crippen molar-refractivity contribution in [2.24, 2.45) is 4.99 Å². The number of hydrogen-bond donors (Lipinski definition) is 2. The lowest BCUT2D eigenvalue weighted by Gasteiger charge is -2.29. The molecule has 7 nitrogen and oxygen atoms in total. The fraction of sp³-hybridized carbons (Fsp3) is 0.480. The molecule has 2 aromatic carbocycles. The molecule has 0 aliphatic carbocycles. The molecule has 0 saturated carbocycles. The van der Waals surface area contributed by atoms with Gasteiger partial charge in [-0.25, -0.2) is 0 Å². The van der Waals surface area contributed by atoms with Crippen molar-refractivity contribution in [1.82, 2.24) is 15.1 Å². The Morgan fingerprint density at radius 2 is 1.76 bits per heavy atom. The van der Waals surface area contributed by atoms with Crippen molar-refractivity contribution in [3.05, 3.63) is 59.2 Å². The zero-order valence-corrected chi connectivity index (χ0v) is 22.4. The first-order chi connectivity index (χ1) is 15.5. The Bertz CT molecular complexity index is 884. The number of aliphatic imine (C=N–C) groups is 1. The summed E-state index contributed by atoms with van der Waals surface area (Å²) < 4.78 is 10.8. The second-order valence-electron chi connectivity index (χ2n) is 8.26. The SMILES string of the molecule is CN=C(NCc1ccc(CN2CCC(O)CC2)cc1)N(C)Cc1ccc(OC)cc1OC.I. The minimum Gasteiger partial charge on any atom is -0.497 e. The van der Waals surface area contributed by atoms with E-state index in [4.69, 9.17) is 9.47 Å². The molecule has 33 heavy (non-hydrogen) atoms. The van der Waals surface area contributed by atoms with Gasteiger partial charge >= 0.3 is 0 Å². The smallest absolute Gasteiger partial charge is 0.193 e. The number of methoxy groups -OCH3 is 2. The Balaban J connectivity index is 0.00000385. The van der Waals surface area contributed by atoms with Crippen molar-refractivity contribution in [2.45, 2.75) is 38.6 Å². The van der Waals surface area contributed by atoms with Gasteiger partial charge in [-0.2, -0.15) is 0 Å². The van der Waals surface area contributed by atoms with E-state index < -0.39 is 0 Å². The predicted octanol–water partition coefficient (Wildman–Crippen LogP) is 3.49. The molecule has 0 bridgehead atoms. The Hall–Kier alpha value is -2.04. The van der Waals surface area contributed by atoms with Crippen LogP contribution in [0.25, 0.3) is 0 Å². The molecule has 0 spiro atoms. The molecule has 3 rings (SSSR count). The second kappa shape index (κ2) is 13.6. The van der Waals surface area contributed by atoms with Gasteiger partial charge in [-0.05, 0) is 36.1 Å². The summed E-state index contributed by atoms with van der Waals surface area (Å²) in [7, 11) is 7.13. The van der Waals surface area contributed by atoms with Crippen LogP contribution in [-0.2, 0) is 19.6 Å². The van der Waals surface area contributed by atoms with E-state index in [0.29, 0.717) is 13.1 Å². The highest BCUT2D eigenvalue weighted by Gasteiger charge is 2.17. The Kier molecular flexibility index (Phi) is 11.2. The lowest BCUT2D eigenvalue weighted by atomic mass is 10.1. The molecule has 8 heteroatoms. The number of halogens is 1. The van der Waals surface area contributed by atoms with Gasteiger partial charge in [0, 0.05) is 58.4 Å². The first-order valence-electron chi connectivity index (χ1n) is 11.1. The topological polar surface area (TPSA) is 69.6 Å². The molecule has 1 aliphatic heterocycles. The first kappa shape index (κ1) is 27.2. The predicted molar refractivity (Wildman–Crippen MR) is 144 cm³/mol. The van der Waals surface area contributed by atoms with Crippen molar-refractivity contribution in [1.29, 1.82) is 0 Å². The van der Waals surface area contributed by atoms with E-state index in [9.17, 15) is 5.11 Å². The summed E-state index contributed by atoms with van der Waals surface area (Å²) in [5, 5.41) is 13.1. The van der Waals surface area contributed by atoms with Gasteiger partial charge in [0.2, 0.25) is 0 Å². The van der Waals surface area contributed by atoms with Crippen LogP contribution >= 0.6 is 24.0 Å². The standard InChI is InChI=1S/C25H36N4O3.HI/c1-26-25(28(2)18-21-9-10-23(31-3)15-24(21)32-4)27-16-19-5-7-20(8-6-19)17-29-13-11-22(30)12-14-29;/h5-10,15,22,30H,11-14,16-18H2,1-4H3,(H,26,27);1H. The van der Waals surface area contributed by atoms with E-state index in [0.717, 1.165) is 55.5 Å². The molecular formula is C25H37IN4O3. The fourth-order valence-corrected chi connectivity index (χ4v) is 3.98. The van der Waals surface area contributed by atoms with Gasteiger partial charge < -0.3 is 24.8 Å². The van der Waals surface area contributed by atoms with E-state index in [1.54, 1.807) is 21.3 Å². The monoisotopic (exact) mass is 568 g/mol. The molecule has 2 N–H and O–H groups in total. The van der Waals surface area contributed by atoms with Crippen molar-refractivity contribution in [2.75, 3.05) is 41.4 Å². The van der Waals surface area contributed by atoms with Gasteiger partial charge in [0.15, 0.2) is 5.96 Å². The zero-order valence-electron chi connectivity index (χ0n) is 20.1. The summed E-state index contributed by atoms with van der Waals surface area (Å²) in [6.45, 7) is 4.23. The maximum Gasteiger partial charge on any atom is 0.193 e. The lowest BCUT2D eigenvalue weighted by Crippen LogP contribution is -2.38. The first-order valence-corrected chi connectivity index (χ1v) is 11.1. The van der Waals surface area contributed by atoms with E-state index in [1.807, 2.05) is 25.2 Å². The van der Waals surface area contributed by atoms with E-state index in [-0.39, 0.29) is 30.1 Å². The van der Waals surface area contributed by atoms with Crippen LogP contribution in [0, 0.1) is 0 Å². The highest BCUT2D eigenvalue weighted by molar-refractivity contribution is 14.0. The van der Waals surface area contributed by atoms with Crippen LogP contribution in [0.3, 0.4) is 0 Å². The van der Waals surface area contributed by atoms with Crippen molar-refractivity contribution >= 4 is 29.9 Å². The molecule has 1 fully saturated rings. The van der Waals surface area contributed by atoms with E-state index >= 15 is 0 Å². The number of piperidine rings is 1. The summed E-state index contributed by atoms with van der Waals surface area (Å²) in [5.41, 5.74) is 3.57. The third-order valence-electron chi connectivity index (χ3n) is 5.91. The molecule has 0 aromatic heterocycles. The largest absolute Gasteiger partial charge is 0.497 e. The highest BCUT2D eigenvalue weighted by atomic mass is 127. The third kappa shape index (κ3) is 8.04. The second-order valence-corrected chi connectivity index (χ2v) is 8.26. The average molecular weight is 569 g/mol. The number of likely N-dealkylation sites (tertiary alicyclic amines) is 1. The van der Waals surface area contributed by atoms with E-state index in [2.05, 4.69) is 44.4 Å². The van der Waals surface area contributed by atoms with Crippen LogP contribution in [-0.4, -0.2) is 68.4 Å². The number of rotatable bonds is 8. The number of benzene rings is 2. The number of guanidine groups is 1. The van der Waals surface area contributed by atoms with Crippen LogP contribution in [0.2, 0.25) is 0 Å². The van der Waals surface area contributed by atoms with Crippen LogP contribution in [0.4, 0.5) is 0 Å². The Labute approximate surface area is 214 Å². The number of hydrogen-bond acceptors (Lipinski definition) is 5. The minimum atomic E-state index is -0.127. The molecule has 1 heterocycles. The molecule has 0 radical (unpaired) electrons. The molecule has 0 unspecified atom stereocenters. The van der Waals surface area contributed by atoms with Gasteiger partial charge in [-0.1, -0.05) is 24.3 Å². The van der Waals surface area contributed by atoms with Crippen molar-refractivity contribution < 1.29 is 14.6 Å². The molecule has 2 aromatic rings. The van der Waals surface area contributed by atoms with Crippen LogP contribution < -0.4 is 14.8 Å². The number of ether oxygens (including phenoxy) is 2. The Morgan fingerprint density at radius 3 is 2.36 bits per heavy atom. The summed E-state index contributed by atoms with van der Waals surface area (Å²) in [6, 6.07) is 14.6. The lowest BCUT2D eigenvalue weighted by molar-refractivity contribution is 0.0792. The van der Waals surface area contributed by atoms with Gasteiger partial charge in [0.1, 0.15) is 11.5 Å². The van der Waals surface area contributed by atoms with Gasteiger partial charge in [-0.3, -0.25) is 9.89 Å². The quantitative estimate of drug-likeness (QED) is 0.289. The zero-order chi connectivity index (χ0) is 22.9. The van der Waals surface area contributed by atoms with Crippen molar-refractivity contribution in [3.8, 4) is 11.5 Å². The molecule has 182 valence electrons. The number of nitrogens with one attached hydrogen (secondary N) is 1. The van der Waals surface area contributed by atoms with Crippen LogP contribution in [0.5, 0.6) is 11.5 Å². The summed E-state index contributed by atoms with van der Waals surface area (Å²) in [5.74, 6) is 2.39. The van der Waals surface area contributed by atoms with Crippen molar-refractivity contribution in [3.63, 3.8) is 0 Å². The van der Waals surface area contributed by atoms with E-state index in [1.165, 1.54) is 11.1 Å². The summed E-state index contributed by atoms with van der Waals surface area (Å²) in [6.07, 6.45) is 1.62. The number of nitrogens with zero attached hydrogens (tertiary/aromatic N) is 3. The van der Waals surface area contributed by atoms with Gasteiger partial charge in [-0.15, -0.1) is 24.0 Å². The summed E-state index contributed by atoms with van der Waals surface area (Å²) >= 11 is 0. The molecule has 0 amide bonds. The number of aliphatic hydroxyl groups is 1. The fourth-order valence-electron chi connectivity index (χ4n) is 3.98. The molecular weight excluding hydrogens is 531 g/mol. The number of aliphatic hydroxyl groups excluding tert-OH is 1. The summed E-state index contributed by atoms with van der Waals surface area (Å²) in [4.78, 5) is 8.91. The normalized spacial score (nSPS) is 15.0. The molecule has 1 aliphatic rings. The molecule has 1 saturated heterocycles. The van der Waals surface area contributed by atoms with Gasteiger partial charge in [0.25, 0.3) is 0 Å². The van der Waals surface area contributed by atoms with Gasteiger partial charge in [0.05, 0.1) is 20.3 Å². The third-order valence-corrected chi connectivity index (χ3v) is 5.91. The maximum absolute atomic E-state index is 9.66. The van der Waals surface area contributed by atoms with Crippen LogP contribution in [0.15, 0.2) is 47.5 Å². The Morgan fingerprint density at radius 1 is 1.09 bits per heavy atom. The maximum atomic E-state index is 9.66. The van der Waals surface area contributed by atoms with Crippen LogP contribution in [0.1, 0.15) is 29.5 Å². The highest BCUT2D eigenvalue weighted by Crippen LogP contribution is 2.25.